The first-order chi connectivity index (χ1) is 16.5. The van der Waals surface area contributed by atoms with Crippen LogP contribution < -0.4 is 9.64 Å². The number of hydrogen-bond donors (Lipinski definition) is 1. The molecule has 1 aliphatic carbocycles. The van der Waals surface area contributed by atoms with E-state index in [1.807, 2.05) is 39.8 Å². The Labute approximate surface area is 212 Å². The van der Waals surface area contributed by atoms with Gasteiger partial charge in [0.05, 0.1) is 23.4 Å². The van der Waals surface area contributed by atoms with Crippen molar-refractivity contribution < 1.29 is 19.4 Å². The average molecular weight is 497 g/mol. The van der Waals surface area contributed by atoms with Crippen molar-refractivity contribution in [3.8, 4) is 17.6 Å². The number of rotatable bonds is 8. The molecule has 1 atom stereocenters. The Morgan fingerprint density at radius 3 is 2.60 bits per heavy atom. The zero-order valence-corrected chi connectivity index (χ0v) is 22.2. The summed E-state index contributed by atoms with van der Waals surface area (Å²) in [4.78, 5) is 32.6. The van der Waals surface area contributed by atoms with Crippen molar-refractivity contribution in [2.24, 2.45) is 17.3 Å². The molecule has 2 aromatic rings. The molecule has 0 saturated heterocycles. The summed E-state index contributed by atoms with van der Waals surface area (Å²) < 4.78 is 5.82. The molecular weight excluding hydrogens is 460 g/mol. The number of amides is 1. The van der Waals surface area contributed by atoms with E-state index in [1.54, 1.807) is 23.4 Å². The maximum absolute atomic E-state index is 13.8. The number of aromatic carboxylic acids is 1. The van der Waals surface area contributed by atoms with Crippen LogP contribution >= 0.6 is 11.3 Å². The minimum Gasteiger partial charge on any atom is -0.492 e. The van der Waals surface area contributed by atoms with Gasteiger partial charge < -0.3 is 14.7 Å². The van der Waals surface area contributed by atoms with Crippen LogP contribution in [-0.2, 0) is 4.79 Å². The van der Waals surface area contributed by atoms with Crippen molar-refractivity contribution in [2.75, 3.05) is 11.5 Å². The quantitative estimate of drug-likeness (QED) is 0.437. The molecule has 1 aliphatic rings. The standard InChI is InChI=1S/C28H36N2O4S/c1-19-8-10-21(11-9-19)26(31)30(20(2)13-16-34-22-7-6-15-29-18-22)24-17-23(12-14-28(3,4)5)35-25(24)27(32)33/h6-7,15,17-21H,8-11,13,16H2,1-5H3,(H,32,33)/t19?,20-,21?/m0/s1. The Bertz CT molecular complexity index is 1070. The van der Waals surface area contributed by atoms with Crippen molar-refractivity contribution in [3.63, 3.8) is 0 Å². The van der Waals surface area contributed by atoms with Gasteiger partial charge in [-0.1, -0.05) is 18.8 Å². The van der Waals surface area contributed by atoms with E-state index in [-0.39, 0.29) is 28.2 Å². The number of carboxylic acids is 1. The molecule has 35 heavy (non-hydrogen) atoms. The first-order valence-corrected chi connectivity index (χ1v) is 13.1. The molecule has 188 valence electrons. The number of anilines is 1. The van der Waals surface area contributed by atoms with E-state index < -0.39 is 5.97 Å². The number of ether oxygens (including phenoxy) is 1. The second-order valence-electron chi connectivity index (χ2n) is 10.5. The van der Waals surface area contributed by atoms with Crippen LogP contribution in [0.15, 0.2) is 30.6 Å². The summed E-state index contributed by atoms with van der Waals surface area (Å²) in [5.74, 6) is 6.44. The highest BCUT2D eigenvalue weighted by Gasteiger charge is 2.34. The number of nitrogens with zero attached hydrogens (tertiary/aromatic N) is 2. The highest BCUT2D eigenvalue weighted by molar-refractivity contribution is 7.15. The molecule has 0 bridgehead atoms. The van der Waals surface area contributed by atoms with Crippen LogP contribution in [0.5, 0.6) is 5.75 Å². The van der Waals surface area contributed by atoms with Crippen molar-refractivity contribution in [3.05, 3.63) is 40.3 Å². The molecule has 7 heteroatoms. The lowest BCUT2D eigenvalue weighted by atomic mass is 9.82. The largest absolute Gasteiger partial charge is 0.492 e. The van der Waals surface area contributed by atoms with Gasteiger partial charge in [-0.25, -0.2) is 4.79 Å². The third-order valence-corrected chi connectivity index (χ3v) is 7.24. The minimum absolute atomic E-state index is 0.00130. The molecule has 6 nitrogen and oxygen atoms in total. The molecule has 2 heterocycles. The van der Waals surface area contributed by atoms with Gasteiger partial charge in [-0.2, -0.15) is 0 Å². The lowest BCUT2D eigenvalue weighted by Gasteiger charge is -2.34. The van der Waals surface area contributed by atoms with E-state index >= 15 is 0 Å². The van der Waals surface area contributed by atoms with Gasteiger partial charge in [-0.15, -0.1) is 11.3 Å². The van der Waals surface area contributed by atoms with Gasteiger partial charge in [0, 0.05) is 30.0 Å². The van der Waals surface area contributed by atoms with Crippen molar-refractivity contribution >= 4 is 28.9 Å². The van der Waals surface area contributed by atoms with E-state index in [9.17, 15) is 14.7 Å². The molecule has 0 radical (unpaired) electrons. The van der Waals surface area contributed by atoms with Gasteiger partial charge >= 0.3 is 5.97 Å². The Morgan fingerprint density at radius 1 is 1.29 bits per heavy atom. The molecule has 0 aromatic carbocycles. The topological polar surface area (TPSA) is 79.7 Å². The Morgan fingerprint density at radius 2 is 2.00 bits per heavy atom. The summed E-state index contributed by atoms with van der Waals surface area (Å²) in [6.07, 6.45) is 7.59. The summed E-state index contributed by atoms with van der Waals surface area (Å²) in [6, 6.07) is 5.18. The lowest BCUT2D eigenvalue weighted by molar-refractivity contribution is -0.124. The Balaban J connectivity index is 1.90. The number of hydrogen-bond acceptors (Lipinski definition) is 5. The van der Waals surface area contributed by atoms with Crippen molar-refractivity contribution in [1.29, 1.82) is 0 Å². The zero-order valence-electron chi connectivity index (χ0n) is 21.3. The van der Waals surface area contributed by atoms with Crippen molar-refractivity contribution in [1.82, 2.24) is 4.98 Å². The SMILES string of the molecule is CC1CCC(C(=O)N(c2cc(C#CC(C)(C)C)sc2C(=O)O)[C@@H](C)CCOc2cccnc2)CC1. The van der Waals surface area contributed by atoms with E-state index in [0.717, 1.165) is 37.0 Å². The summed E-state index contributed by atoms with van der Waals surface area (Å²) in [5, 5.41) is 9.98. The van der Waals surface area contributed by atoms with Gasteiger partial charge in [-0.3, -0.25) is 9.78 Å². The van der Waals surface area contributed by atoms with E-state index in [4.69, 9.17) is 4.74 Å². The molecule has 1 fully saturated rings. The summed E-state index contributed by atoms with van der Waals surface area (Å²) >= 11 is 1.13. The number of carbonyl (C=O) groups excluding carboxylic acids is 1. The normalized spacial score (nSPS) is 18.8. The van der Waals surface area contributed by atoms with Gasteiger partial charge in [0.2, 0.25) is 5.91 Å². The van der Waals surface area contributed by atoms with E-state index in [2.05, 4.69) is 23.7 Å². The molecule has 1 saturated carbocycles. The zero-order chi connectivity index (χ0) is 25.6. The molecule has 1 N–H and O–H groups in total. The minimum atomic E-state index is -1.04. The second-order valence-corrected chi connectivity index (χ2v) is 11.5. The van der Waals surface area contributed by atoms with Gasteiger partial charge in [0.15, 0.2) is 0 Å². The van der Waals surface area contributed by atoms with Crippen LogP contribution in [0.1, 0.15) is 81.3 Å². The van der Waals surface area contributed by atoms with Crippen LogP contribution in [0.4, 0.5) is 5.69 Å². The molecule has 2 aromatic heterocycles. The molecule has 3 rings (SSSR count). The van der Waals surface area contributed by atoms with Gasteiger partial charge in [-0.05, 0) is 77.5 Å². The summed E-state index contributed by atoms with van der Waals surface area (Å²) in [6.45, 7) is 10.6. The molecular formula is C28H36N2O4S. The van der Waals surface area contributed by atoms with E-state index in [1.165, 1.54) is 0 Å². The van der Waals surface area contributed by atoms with Crippen molar-refractivity contribution in [2.45, 2.75) is 72.8 Å². The average Bonchev–Trinajstić information content (AvgIpc) is 3.23. The molecule has 0 unspecified atom stereocenters. The van der Waals surface area contributed by atoms with Crippen LogP contribution in [0.2, 0.25) is 0 Å². The fraction of sp³-hybridized carbons (Fsp3) is 0.536. The summed E-state index contributed by atoms with van der Waals surface area (Å²) in [5.41, 5.74) is 0.233. The molecule has 0 aliphatic heterocycles. The maximum atomic E-state index is 13.8. The van der Waals surface area contributed by atoms with Crippen LogP contribution in [0.3, 0.4) is 0 Å². The number of thiophene rings is 1. The smallest absolute Gasteiger partial charge is 0.348 e. The first-order valence-electron chi connectivity index (χ1n) is 12.3. The lowest BCUT2D eigenvalue weighted by Crippen LogP contribution is -2.44. The highest BCUT2D eigenvalue weighted by Crippen LogP contribution is 2.36. The van der Waals surface area contributed by atoms with E-state index in [0.29, 0.717) is 35.3 Å². The predicted octanol–water partition coefficient (Wildman–Crippen LogP) is 6.26. The number of carboxylic acid groups (broad SMARTS) is 1. The fourth-order valence-electron chi connectivity index (χ4n) is 4.21. The predicted molar refractivity (Wildman–Crippen MR) is 140 cm³/mol. The van der Waals surface area contributed by atoms with Gasteiger partial charge in [0.25, 0.3) is 0 Å². The molecule has 1 amide bonds. The monoisotopic (exact) mass is 496 g/mol. The maximum Gasteiger partial charge on any atom is 0.348 e. The van der Waals surface area contributed by atoms with Crippen LogP contribution in [0.25, 0.3) is 0 Å². The summed E-state index contributed by atoms with van der Waals surface area (Å²) in [7, 11) is 0. The van der Waals surface area contributed by atoms with Crippen LogP contribution in [0, 0.1) is 29.1 Å². The first kappa shape index (κ1) is 26.7. The van der Waals surface area contributed by atoms with Gasteiger partial charge in [0.1, 0.15) is 10.6 Å². The fourth-order valence-corrected chi connectivity index (χ4v) is 5.05. The molecule has 0 spiro atoms. The third kappa shape index (κ3) is 7.57. The Hall–Kier alpha value is -2.85. The second kappa shape index (κ2) is 11.7. The number of aromatic nitrogens is 1. The number of carbonyl (C=O) groups is 2. The highest BCUT2D eigenvalue weighted by atomic mass is 32.1. The van der Waals surface area contributed by atoms with Crippen LogP contribution in [-0.4, -0.2) is 34.6 Å². The Kier molecular flexibility index (Phi) is 8.96. The number of pyridine rings is 1. The third-order valence-electron chi connectivity index (χ3n) is 6.21.